The van der Waals surface area contributed by atoms with E-state index in [9.17, 15) is 9.18 Å². The van der Waals surface area contributed by atoms with Gasteiger partial charge in [-0.25, -0.2) is 4.39 Å². The molecule has 1 fully saturated rings. The molecule has 1 aromatic rings. The van der Waals surface area contributed by atoms with Crippen LogP contribution in [0.4, 0.5) is 4.39 Å². The van der Waals surface area contributed by atoms with E-state index in [0.29, 0.717) is 18.0 Å². The van der Waals surface area contributed by atoms with Crippen LogP contribution in [0.5, 0.6) is 0 Å². The standard InChI is InChI=1S/C17H24FNO/c1-12(2)11-19(14-8-4-5-9-14)17(20)15-10-6-7-13(3)16(15)18/h6-7,10,12,14H,4-5,8-9,11H2,1-3H3. The molecule has 0 radical (unpaired) electrons. The minimum absolute atomic E-state index is 0.146. The molecule has 0 saturated heterocycles. The van der Waals surface area contributed by atoms with E-state index in [2.05, 4.69) is 13.8 Å². The Morgan fingerprint density at radius 3 is 2.60 bits per heavy atom. The van der Waals surface area contributed by atoms with Gasteiger partial charge in [0.05, 0.1) is 5.56 Å². The SMILES string of the molecule is Cc1cccc(C(=O)N(CC(C)C)C2CCCC2)c1F. The summed E-state index contributed by atoms with van der Waals surface area (Å²) < 4.78 is 14.2. The van der Waals surface area contributed by atoms with Gasteiger partial charge in [-0.15, -0.1) is 0 Å². The third kappa shape index (κ3) is 3.20. The maximum atomic E-state index is 14.2. The van der Waals surface area contributed by atoms with Crippen LogP contribution in [0, 0.1) is 18.7 Å². The van der Waals surface area contributed by atoms with Gasteiger partial charge in [-0.1, -0.05) is 38.8 Å². The molecule has 0 unspecified atom stereocenters. The second kappa shape index (κ2) is 6.38. The van der Waals surface area contributed by atoms with Gasteiger partial charge in [-0.2, -0.15) is 0 Å². The maximum absolute atomic E-state index is 14.2. The molecular formula is C17H24FNO. The molecule has 1 saturated carbocycles. The van der Waals surface area contributed by atoms with Crippen molar-refractivity contribution in [3.63, 3.8) is 0 Å². The first-order valence-electron chi connectivity index (χ1n) is 7.56. The Labute approximate surface area is 121 Å². The van der Waals surface area contributed by atoms with Crippen molar-refractivity contribution in [2.75, 3.05) is 6.54 Å². The third-order valence-electron chi connectivity index (χ3n) is 4.01. The number of nitrogens with zero attached hydrogens (tertiary/aromatic N) is 1. The van der Waals surface area contributed by atoms with Crippen molar-refractivity contribution in [3.05, 3.63) is 35.1 Å². The van der Waals surface area contributed by atoms with E-state index in [4.69, 9.17) is 0 Å². The van der Waals surface area contributed by atoms with E-state index in [1.807, 2.05) is 4.90 Å². The summed E-state index contributed by atoms with van der Waals surface area (Å²) in [6.07, 6.45) is 4.43. The van der Waals surface area contributed by atoms with E-state index in [1.54, 1.807) is 25.1 Å². The number of carbonyl (C=O) groups is 1. The van der Waals surface area contributed by atoms with Gasteiger partial charge in [0.1, 0.15) is 5.82 Å². The number of halogens is 1. The average molecular weight is 277 g/mol. The van der Waals surface area contributed by atoms with Crippen LogP contribution in [0.25, 0.3) is 0 Å². The fourth-order valence-electron chi connectivity index (χ4n) is 2.97. The number of hydrogen-bond donors (Lipinski definition) is 0. The summed E-state index contributed by atoms with van der Waals surface area (Å²) in [5.74, 6) is -0.122. The quantitative estimate of drug-likeness (QED) is 0.808. The van der Waals surface area contributed by atoms with Crippen LogP contribution in [0.2, 0.25) is 0 Å². The molecule has 0 spiro atoms. The summed E-state index contributed by atoms with van der Waals surface area (Å²) in [7, 11) is 0. The van der Waals surface area contributed by atoms with Crippen molar-refractivity contribution >= 4 is 5.91 Å². The Kier molecular flexibility index (Phi) is 4.79. The summed E-state index contributed by atoms with van der Waals surface area (Å²) >= 11 is 0. The Hall–Kier alpha value is -1.38. The molecule has 1 aliphatic carbocycles. The topological polar surface area (TPSA) is 20.3 Å². The van der Waals surface area contributed by atoms with Crippen LogP contribution in [0.1, 0.15) is 55.5 Å². The molecule has 1 aromatic carbocycles. The van der Waals surface area contributed by atoms with Gasteiger partial charge in [0, 0.05) is 12.6 Å². The zero-order chi connectivity index (χ0) is 14.7. The first kappa shape index (κ1) is 15.0. The van der Waals surface area contributed by atoms with E-state index in [-0.39, 0.29) is 23.3 Å². The van der Waals surface area contributed by atoms with Crippen molar-refractivity contribution in [1.29, 1.82) is 0 Å². The molecule has 0 aliphatic heterocycles. The van der Waals surface area contributed by atoms with Crippen molar-refractivity contribution in [2.45, 2.75) is 52.5 Å². The van der Waals surface area contributed by atoms with Crippen molar-refractivity contribution in [2.24, 2.45) is 5.92 Å². The molecule has 0 N–H and O–H groups in total. The first-order chi connectivity index (χ1) is 9.50. The van der Waals surface area contributed by atoms with Crippen LogP contribution < -0.4 is 0 Å². The molecule has 0 heterocycles. The molecule has 20 heavy (non-hydrogen) atoms. The van der Waals surface area contributed by atoms with E-state index in [0.717, 1.165) is 12.8 Å². The van der Waals surface area contributed by atoms with Crippen LogP contribution in [0.15, 0.2) is 18.2 Å². The largest absolute Gasteiger partial charge is 0.335 e. The number of carbonyl (C=O) groups excluding carboxylic acids is 1. The predicted octanol–water partition coefficient (Wildman–Crippen LogP) is 4.17. The van der Waals surface area contributed by atoms with E-state index < -0.39 is 0 Å². The average Bonchev–Trinajstić information content (AvgIpc) is 2.92. The fraction of sp³-hybridized carbons (Fsp3) is 0.588. The highest BCUT2D eigenvalue weighted by atomic mass is 19.1. The molecule has 0 aromatic heterocycles. The smallest absolute Gasteiger partial charge is 0.257 e. The highest BCUT2D eigenvalue weighted by molar-refractivity contribution is 5.95. The lowest BCUT2D eigenvalue weighted by Crippen LogP contribution is -2.41. The minimum atomic E-state index is -0.371. The highest BCUT2D eigenvalue weighted by Gasteiger charge is 2.29. The van der Waals surface area contributed by atoms with Crippen LogP contribution in [0.3, 0.4) is 0 Å². The van der Waals surface area contributed by atoms with Gasteiger partial charge in [-0.3, -0.25) is 4.79 Å². The molecule has 1 amide bonds. The number of benzene rings is 1. The fourth-order valence-corrected chi connectivity index (χ4v) is 2.97. The summed E-state index contributed by atoms with van der Waals surface area (Å²) in [5.41, 5.74) is 0.754. The monoisotopic (exact) mass is 277 g/mol. The van der Waals surface area contributed by atoms with Gasteiger partial charge in [0.25, 0.3) is 5.91 Å². The minimum Gasteiger partial charge on any atom is -0.335 e. The lowest BCUT2D eigenvalue weighted by molar-refractivity contribution is 0.0650. The second-order valence-electron chi connectivity index (χ2n) is 6.23. The second-order valence-corrected chi connectivity index (χ2v) is 6.23. The van der Waals surface area contributed by atoms with Crippen LogP contribution in [-0.2, 0) is 0 Å². The summed E-state index contributed by atoms with van der Waals surface area (Å²) in [4.78, 5) is 14.6. The lowest BCUT2D eigenvalue weighted by Gasteiger charge is -2.31. The molecule has 2 nitrogen and oxygen atoms in total. The van der Waals surface area contributed by atoms with Gasteiger partial charge in [0.2, 0.25) is 0 Å². The molecular weight excluding hydrogens is 253 g/mol. The highest BCUT2D eigenvalue weighted by Crippen LogP contribution is 2.26. The van der Waals surface area contributed by atoms with Crippen LogP contribution in [-0.4, -0.2) is 23.4 Å². The summed E-state index contributed by atoms with van der Waals surface area (Å²) in [6.45, 7) is 6.61. The summed E-state index contributed by atoms with van der Waals surface area (Å²) in [6, 6.07) is 5.35. The van der Waals surface area contributed by atoms with E-state index in [1.165, 1.54) is 12.8 Å². The Bertz CT molecular complexity index is 478. The Morgan fingerprint density at radius 1 is 1.35 bits per heavy atom. The van der Waals surface area contributed by atoms with Crippen molar-refractivity contribution in [1.82, 2.24) is 4.90 Å². The predicted molar refractivity (Wildman–Crippen MR) is 79.3 cm³/mol. The van der Waals surface area contributed by atoms with Crippen molar-refractivity contribution < 1.29 is 9.18 Å². The molecule has 0 bridgehead atoms. The third-order valence-corrected chi connectivity index (χ3v) is 4.01. The number of aryl methyl sites for hydroxylation is 1. The molecule has 3 heteroatoms. The molecule has 1 aliphatic rings. The number of amides is 1. The van der Waals surface area contributed by atoms with E-state index >= 15 is 0 Å². The zero-order valence-electron chi connectivity index (χ0n) is 12.7. The summed E-state index contributed by atoms with van der Waals surface area (Å²) in [5, 5.41) is 0. The normalized spacial score (nSPS) is 15.8. The van der Waals surface area contributed by atoms with Gasteiger partial charge < -0.3 is 4.90 Å². The zero-order valence-corrected chi connectivity index (χ0v) is 12.7. The van der Waals surface area contributed by atoms with Gasteiger partial charge in [0.15, 0.2) is 0 Å². The van der Waals surface area contributed by atoms with Crippen LogP contribution >= 0.6 is 0 Å². The molecule has 2 rings (SSSR count). The molecule has 0 atom stereocenters. The number of hydrogen-bond acceptors (Lipinski definition) is 1. The Morgan fingerprint density at radius 2 is 2.00 bits per heavy atom. The van der Waals surface area contributed by atoms with Gasteiger partial charge >= 0.3 is 0 Å². The van der Waals surface area contributed by atoms with Gasteiger partial charge in [-0.05, 0) is 37.3 Å². The van der Waals surface area contributed by atoms with Crippen molar-refractivity contribution in [3.8, 4) is 0 Å². The maximum Gasteiger partial charge on any atom is 0.257 e. The first-order valence-corrected chi connectivity index (χ1v) is 7.56. The lowest BCUT2D eigenvalue weighted by atomic mass is 10.1. The molecule has 110 valence electrons. The number of rotatable bonds is 4. The Balaban J connectivity index is 2.27.